The van der Waals surface area contributed by atoms with Crippen LogP contribution in [0.4, 0.5) is 0 Å². The van der Waals surface area contributed by atoms with Crippen molar-refractivity contribution < 1.29 is 49.3 Å². The van der Waals surface area contributed by atoms with E-state index in [1.807, 2.05) is 6.92 Å². The van der Waals surface area contributed by atoms with Gasteiger partial charge in [-0.05, 0) is 121 Å². The highest BCUT2D eigenvalue weighted by atomic mass is 16.5. The molecule has 4 rings (SSSR count). The van der Waals surface area contributed by atoms with E-state index in [1.165, 1.54) is 0 Å². The fourth-order valence-electron chi connectivity index (χ4n) is 9.07. The minimum absolute atomic E-state index is 0.0150. The largest absolute Gasteiger partial charge is 0.481 e. The first-order valence-electron chi connectivity index (χ1n) is 19.7. The minimum Gasteiger partial charge on any atom is -0.481 e. The van der Waals surface area contributed by atoms with Gasteiger partial charge < -0.3 is 60.8 Å². The van der Waals surface area contributed by atoms with E-state index in [9.17, 15) is 30.3 Å². The molecule has 15 atom stereocenters. The van der Waals surface area contributed by atoms with Crippen LogP contribution in [0.3, 0.4) is 0 Å². The number of ether oxygens (including phenoxy) is 4. The van der Waals surface area contributed by atoms with Gasteiger partial charge in [0, 0.05) is 26.1 Å². The maximum Gasteiger partial charge on any atom is 0.303 e. The van der Waals surface area contributed by atoms with Gasteiger partial charge in [-0.2, -0.15) is 0 Å². The number of nitrogens with one attached hydrogen (secondary N) is 3. The average molecular weight is 731 g/mol. The normalized spacial score (nSPS) is 38.2. The third-order valence-corrected chi connectivity index (χ3v) is 11.8. The second-order valence-corrected chi connectivity index (χ2v) is 16.0. The maximum atomic E-state index is 11.9. The van der Waals surface area contributed by atoms with Crippen molar-refractivity contribution in [1.29, 1.82) is 0 Å². The van der Waals surface area contributed by atoms with Gasteiger partial charge in [-0.1, -0.05) is 6.92 Å². The number of hydrogen-bond donors (Lipinski definition) is 9. The van der Waals surface area contributed by atoms with E-state index >= 15 is 0 Å². The molecular formula is C37H70N4O10. The lowest BCUT2D eigenvalue weighted by Gasteiger charge is -2.45. The SMILES string of the molecule is CCN[C@H](COC1CC([C@H]2C[C@@H](O)C[C@H](CCC3CCC(O)C(OCNC[C@H](C)O)C3)O2)CC(OC)C1O)[C@H](CC(=O)O)CC1CCNC(N)C1. The van der Waals surface area contributed by atoms with Gasteiger partial charge >= 0.3 is 5.97 Å². The number of aliphatic hydroxyl groups is 4. The lowest BCUT2D eigenvalue weighted by molar-refractivity contribution is -0.178. The Kier molecular flexibility index (Phi) is 18.2. The number of nitrogens with two attached hydrogens (primary N) is 1. The molecule has 0 aromatic rings. The molecule has 14 nitrogen and oxygen atoms in total. The van der Waals surface area contributed by atoms with Gasteiger partial charge in [0.05, 0.1) is 68.3 Å². The van der Waals surface area contributed by atoms with Crippen LogP contribution in [0.1, 0.15) is 97.3 Å². The molecule has 0 amide bonds. The van der Waals surface area contributed by atoms with Crippen molar-refractivity contribution in [3.63, 3.8) is 0 Å². The maximum absolute atomic E-state index is 11.9. The van der Waals surface area contributed by atoms with Crippen LogP contribution in [0.5, 0.6) is 0 Å². The van der Waals surface area contributed by atoms with Crippen molar-refractivity contribution >= 4 is 5.97 Å². The van der Waals surface area contributed by atoms with Crippen LogP contribution in [0.25, 0.3) is 0 Å². The van der Waals surface area contributed by atoms with Gasteiger partial charge in [-0.15, -0.1) is 0 Å². The fraction of sp³-hybridized carbons (Fsp3) is 0.973. The van der Waals surface area contributed by atoms with Crippen LogP contribution >= 0.6 is 0 Å². The smallest absolute Gasteiger partial charge is 0.303 e. The molecule has 2 aliphatic heterocycles. The van der Waals surface area contributed by atoms with Crippen LogP contribution in [0.2, 0.25) is 0 Å². The van der Waals surface area contributed by atoms with E-state index in [4.69, 9.17) is 24.7 Å². The molecule has 0 bridgehead atoms. The molecule has 0 spiro atoms. The zero-order valence-corrected chi connectivity index (χ0v) is 31.2. The summed E-state index contributed by atoms with van der Waals surface area (Å²) >= 11 is 0. The van der Waals surface area contributed by atoms with Crippen LogP contribution in [0.15, 0.2) is 0 Å². The number of carboxylic acid groups (broad SMARTS) is 1. The highest BCUT2D eigenvalue weighted by Crippen LogP contribution is 2.39. The molecule has 0 aromatic carbocycles. The van der Waals surface area contributed by atoms with Crippen LogP contribution in [-0.2, 0) is 23.7 Å². The third-order valence-electron chi connectivity index (χ3n) is 11.8. The molecule has 2 aliphatic carbocycles. The summed E-state index contributed by atoms with van der Waals surface area (Å²) < 4.78 is 24.9. The topological polar surface area (TPSA) is 217 Å². The number of piperidine rings is 1. The predicted molar refractivity (Wildman–Crippen MR) is 192 cm³/mol. The molecule has 2 heterocycles. The zero-order chi connectivity index (χ0) is 36.9. The van der Waals surface area contributed by atoms with Gasteiger partial charge in [0.25, 0.3) is 0 Å². The first kappa shape index (κ1) is 42.7. The summed E-state index contributed by atoms with van der Waals surface area (Å²) in [6.45, 7) is 6.19. The Morgan fingerprint density at radius 3 is 2.47 bits per heavy atom. The van der Waals surface area contributed by atoms with Crippen molar-refractivity contribution in [2.45, 2.75) is 164 Å². The Bertz CT molecular complexity index is 999. The number of aliphatic carboxylic acids is 1. The monoisotopic (exact) mass is 731 g/mol. The van der Waals surface area contributed by atoms with E-state index in [2.05, 4.69) is 16.0 Å². The summed E-state index contributed by atoms with van der Waals surface area (Å²) in [7, 11) is 1.60. The van der Waals surface area contributed by atoms with Crippen molar-refractivity contribution in [2.75, 3.05) is 40.1 Å². The van der Waals surface area contributed by atoms with Gasteiger partial charge in [0.1, 0.15) is 6.10 Å². The Hall–Kier alpha value is -1.01. The molecule has 0 aromatic heterocycles. The molecule has 298 valence electrons. The first-order valence-corrected chi connectivity index (χ1v) is 19.7. The van der Waals surface area contributed by atoms with E-state index < -0.39 is 42.6 Å². The summed E-state index contributed by atoms with van der Waals surface area (Å²) in [6, 6.07) is -0.200. The molecule has 0 radical (unpaired) electrons. The molecule has 9 unspecified atom stereocenters. The van der Waals surface area contributed by atoms with Crippen molar-refractivity contribution in [2.24, 2.45) is 29.4 Å². The minimum atomic E-state index is -0.837. The summed E-state index contributed by atoms with van der Waals surface area (Å²) in [6.07, 6.45) is 5.01. The number of rotatable bonds is 20. The average Bonchev–Trinajstić information content (AvgIpc) is 3.08. The standard InChI is InChI=1S/C37H70N4O10/c1-4-40-29(25(16-36(45)46)11-24-9-10-41-35(38)13-24)20-49-34-15-26(14-33(48-3)37(34)47)31-18-27(43)17-28(51-31)7-5-23-6-8-30(44)32(12-23)50-21-39-19-22(2)42/h22-35,37,39-44,47H,4-21,38H2,1-3H3,(H,45,46)/t22-,23?,24?,25-,26?,27-,28-,29+,30?,31+,32?,33?,34?,35?,37?/m0/s1. The number of aliphatic hydroxyl groups excluding tert-OH is 4. The van der Waals surface area contributed by atoms with Crippen molar-refractivity contribution in [3.8, 4) is 0 Å². The van der Waals surface area contributed by atoms with Gasteiger partial charge in [-0.25, -0.2) is 0 Å². The summed E-state index contributed by atoms with van der Waals surface area (Å²) in [4.78, 5) is 11.9. The zero-order valence-electron chi connectivity index (χ0n) is 31.2. The van der Waals surface area contributed by atoms with Crippen molar-refractivity contribution in [3.05, 3.63) is 0 Å². The highest BCUT2D eigenvalue weighted by molar-refractivity contribution is 5.67. The molecule has 4 aliphatic rings. The lowest BCUT2D eigenvalue weighted by atomic mass is 9.77. The van der Waals surface area contributed by atoms with Gasteiger partial charge in [0.2, 0.25) is 0 Å². The molecule has 51 heavy (non-hydrogen) atoms. The summed E-state index contributed by atoms with van der Waals surface area (Å²) in [5.74, 6) is -0.248. The predicted octanol–water partition coefficient (Wildman–Crippen LogP) is 1.06. The molecule has 2 saturated heterocycles. The number of carbonyl (C=O) groups is 1. The number of likely N-dealkylation sites (N-methyl/N-ethyl adjacent to an activating group) is 1. The molecular weight excluding hydrogens is 660 g/mol. The summed E-state index contributed by atoms with van der Waals surface area (Å²) in [5.41, 5.74) is 6.16. The Morgan fingerprint density at radius 1 is 0.980 bits per heavy atom. The van der Waals surface area contributed by atoms with Crippen LogP contribution in [0, 0.1) is 23.7 Å². The molecule has 10 N–H and O–H groups in total. The van der Waals surface area contributed by atoms with E-state index in [1.54, 1.807) is 14.0 Å². The van der Waals surface area contributed by atoms with E-state index in [0.29, 0.717) is 57.0 Å². The third kappa shape index (κ3) is 14.0. The number of carboxylic acids is 1. The molecule has 2 saturated carbocycles. The van der Waals surface area contributed by atoms with E-state index in [0.717, 1.165) is 51.5 Å². The Labute approximate surface area is 304 Å². The molecule has 14 heteroatoms. The second-order valence-electron chi connectivity index (χ2n) is 16.0. The summed E-state index contributed by atoms with van der Waals surface area (Å²) in [5, 5.41) is 61.9. The first-order chi connectivity index (χ1) is 24.4. The van der Waals surface area contributed by atoms with E-state index in [-0.39, 0.29) is 62.1 Å². The number of hydrogen-bond acceptors (Lipinski definition) is 13. The highest BCUT2D eigenvalue weighted by Gasteiger charge is 2.44. The molecule has 4 fully saturated rings. The lowest BCUT2D eigenvalue weighted by Crippen LogP contribution is -2.52. The number of methoxy groups -OCH3 is 1. The van der Waals surface area contributed by atoms with Crippen molar-refractivity contribution in [1.82, 2.24) is 16.0 Å². The Morgan fingerprint density at radius 2 is 1.76 bits per heavy atom. The second kappa shape index (κ2) is 21.8. The van der Waals surface area contributed by atoms with Gasteiger partial charge in [-0.3, -0.25) is 10.1 Å². The van der Waals surface area contributed by atoms with Crippen LogP contribution in [-0.4, -0.2) is 139 Å². The fourth-order valence-corrected chi connectivity index (χ4v) is 9.07. The van der Waals surface area contributed by atoms with Crippen LogP contribution < -0.4 is 21.7 Å². The Balaban J connectivity index is 1.32. The quantitative estimate of drug-likeness (QED) is 0.0633. The van der Waals surface area contributed by atoms with Gasteiger partial charge in [0.15, 0.2) is 0 Å².